The first-order valence-corrected chi connectivity index (χ1v) is 6.80. The third-order valence-electron chi connectivity index (χ3n) is 3.10. The second-order valence-corrected chi connectivity index (χ2v) is 4.94. The van der Waals surface area contributed by atoms with Crippen molar-refractivity contribution < 1.29 is 9.90 Å². The topological polar surface area (TPSA) is 40.5 Å². The first kappa shape index (κ1) is 14.4. The summed E-state index contributed by atoms with van der Waals surface area (Å²) in [6.45, 7) is 0.814. The molecule has 1 N–H and O–H groups in total. The normalized spacial score (nSPS) is 10.2. The lowest BCUT2D eigenvalue weighted by atomic mass is 10.1. The largest absolute Gasteiger partial charge is 0.465 e. The summed E-state index contributed by atoms with van der Waals surface area (Å²) < 4.78 is 0. The molecular weight excluding hydrogens is 274 g/mol. The Morgan fingerprint density at radius 2 is 1.70 bits per heavy atom. The number of hydrogen-bond donors (Lipinski definition) is 1. The van der Waals surface area contributed by atoms with E-state index in [9.17, 15) is 9.90 Å². The van der Waals surface area contributed by atoms with E-state index in [1.54, 1.807) is 0 Å². The highest BCUT2D eigenvalue weighted by atomic mass is 35.5. The van der Waals surface area contributed by atoms with E-state index in [1.807, 2.05) is 54.6 Å². The van der Waals surface area contributed by atoms with Gasteiger partial charge in [-0.05, 0) is 23.6 Å². The van der Waals surface area contributed by atoms with Crippen LogP contribution in [0.3, 0.4) is 0 Å². The third kappa shape index (κ3) is 4.00. The Labute approximate surface area is 123 Å². The smallest absolute Gasteiger partial charge is 0.407 e. The van der Waals surface area contributed by atoms with E-state index in [-0.39, 0.29) is 0 Å². The van der Waals surface area contributed by atoms with Crippen molar-refractivity contribution in [2.45, 2.75) is 13.0 Å². The Morgan fingerprint density at radius 3 is 2.35 bits per heavy atom. The van der Waals surface area contributed by atoms with Crippen molar-refractivity contribution in [1.29, 1.82) is 0 Å². The number of nitrogens with zero attached hydrogens (tertiary/aromatic N) is 1. The maximum atomic E-state index is 11.3. The number of amides is 1. The summed E-state index contributed by atoms with van der Waals surface area (Å²) in [4.78, 5) is 12.7. The van der Waals surface area contributed by atoms with Crippen molar-refractivity contribution in [3.05, 3.63) is 70.7 Å². The number of rotatable bonds is 5. The van der Waals surface area contributed by atoms with Crippen LogP contribution < -0.4 is 0 Å². The van der Waals surface area contributed by atoms with Gasteiger partial charge in [0.2, 0.25) is 0 Å². The molecule has 0 saturated heterocycles. The lowest BCUT2D eigenvalue weighted by molar-refractivity contribution is 0.143. The van der Waals surface area contributed by atoms with Crippen molar-refractivity contribution in [3.8, 4) is 0 Å². The van der Waals surface area contributed by atoms with E-state index in [1.165, 1.54) is 4.90 Å². The maximum absolute atomic E-state index is 11.3. The van der Waals surface area contributed by atoms with Crippen molar-refractivity contribution >= 4 is 17.7 Å². The van der Waals surface area contributed by atoms with E-state index in [0.29, 0.717) is 24.5 Å². The summed E-state index contributed by atoms with van der Waals surface area (Å²) in [5.74, 6) is 0. The predicted molar refractivity (Wildman–Crippen MR) is 80.0 cm³/mol. The molecule has 2 aromatic carbocycles. The summed E-state index contributed by atoms with van der Waals surface area (Å²) in [6, 6.07) is 17.1. The van der Waals surface area contributed by atoms with Crippen LogP contribution in [0.2, 0.25) is 5.02 Å². The van der Waals surface area contributed by atoms with Crippen LogP contribution in [-0.2, 0) is 13.0 Å². The molecule has 0 fully saturated rings. The van der Waals surface area contributed by atoms with E-state index >= 15 is 0 Å². The third-order valence-corrected chi connectivity index (χ3v) is 3.46. The Morgan fingerprint density at radius 1 is 1.05 bits per heavy atom. The minimum atomic E-state index is -0.916. The predicted octanol–water partition coefficient (Wildman–Crippen LogP) is 4.06. The lowest BCUT2D eigenvalue weighted by Gasteiger charge is -2.19. The molecule has 3 nitrogen and oxygen atoms in total. The van der Waals surface area contributed by atoms with Crippen LogP contribution in [-0.4, -0.2) is 22.6 Å². The highest BCUT2D eigenvalue weighted by Gasteiger charge is 2.12. The Balaban J connectivity index is 2.00. The van der Waals surface area contributed by atoms with Gasteiger partial charge in [0.25, 0.3) is 0 Å². The van der Waals surface area contributed by atoms with Gasteiger partial charge in [0.1, 0.15) is 0 Å². The standard InChI is InChI=1S/C16H16ClNO2/c17-15-9-5-4-8-14(15)10-11-18(16(19)20)12-13-6-2-1-3-7-13/h1-9H,10-12H2,(H,19,20). The number of benzene rings is 2. The highest BCUT2D eigenvalue weighted by molar-refractivity contribution is 6.31. The molecule has 0 spiro atoms. The van der Waals surface area contributed by atoms with Gasteiger partial charge in [-0.3, -0.25) is 0 Å². The number of carbonyl (C=O) groups is 1. The van der Waals surface area contributed by atoms with Gasteiger partial charge < -0.3 is 10.0 Å². The average Bonchev–Trinajstić information content (AvgIpc) is 2.46. The van der Waals surface area contributed by atoms with E-state index < -0.39 is 6.09 Å². The second kappa shape index (κ2) is 6.96. The quantitative estimate of drug-likeness (QED) is 0.901. The molecular formula is C16H16ClNO2. The molecule has 0 unspecified atom stereocenters. The van der Waals surface area contributed by atoms with Gasteiger partial charge in [0.05, 0.1) is 0 Å². The van der Waals surface area contributed by atoms with Crippen LogP contribution >= 0.6 is 11.6 Å². The Hall–Kier alpha value is -2.00. The van der Waals surface area contributed by atoms with Gasteiger partial charge in [-0.25, -0.2) is 4.79 Å². The van der Waals surface area contributed by atoms with Crippen LogP contribution in [0, 0.1) is 0 Å². The van der Waals surface area contributed by atoms with Gasteiger partial charge >= 0.3 is 6.09 Å². The molecule has 0 aliphatic heterocycles. The molecule has 0 bridgehead atoms. The van der Waals surface area contributed by atoms with Crippen LogP contribution in [0.25, 0.3) is 0 Å². The Bertz CT molecular complexity index is 572. The molecule has 0 aromatic heterocycles. The second-order valence-electron chi connectivity index (χ2n) is 4.53. The molecule has 0 heterocycles. The number of carboxylic acid groups (broad SMARTS) is 1. The molecule has 0 radical (unpaired) electrons. The van der Waals surface area contributed by atoms with Crippen molar-refractivity contribution in [2.75, 3.05) is 6.54 Å². The minimum absolute atomic E-state index is 0.390. The average molecular weight is 290 g/mol. The summed E-state index contributed by atoms with van der Waals surface area (Å²) in [5, 5.41) is 9.95. The zero-order chi connectivity index (χ0) is 14.4. The summed E-state index contributed by atoms with van der Waals surface area (Å²) >= 11 is 6.08. The molecule has 1 amide bonds. The molecule has 0 atom stereocenters. The van der Waals surface area contributed by atoms with Gasteiger partial charge in [-0.15, -0.1) is 0 Å². The highest BCUT2D eigenvalue weighted by Crippen LogP contribution is 2.16. The molecule has 2 aromatic rings. The summed E-state index contributed by atoms with van der Waals surface area (Å²) in [7, 11) is 0. The zero-order valence-electron chi connectivity index (χ0n) is 11.0. The molecule has 20 heavy (non-hydrogen) atoms. The van der Waals surface area contributed by atoms with Gasteiger partial charge in [-0.1, -0.05) is 60.1 Å². The zero-order valence-corrected chi connectivity index (χ0v) is 11.8. The van der Waals surface area contributed by atoms with Crippen LogP contribution in [0.1, 0.15) is 11.1 Å². The van der Waals surface area contributed by atoms with Crippen LogP contribution in [0.4, 0.5) is 4.79 Å². The number of halogens is 1. The molecule has 4 heteroatoms. The van der Waals surface area contributed by atoms with Gasteiger partial charge in [-0.2, -0.15) is 0 Å². The monoisotopic (exact) mass is 289 g/mol. The fourth-order valence-corrected chi connectivity index (χ4v) is 2.23. The van der Waals surface area contributed by atoms with Crippen molar-refractivity contribution in [1.82, 2.24) is 4.90 Å². The molecule has 0 aliphatic carbocycles. The summed E-state index contributed by atoms with van der Waals surface area (Å²) in [5.41, 5.74) is 1.95. The Kier molecular flexibility index (Phi) is 5.02. The van der Waals surface area contributed by atoms with Gasteiger partial charge in [0.15, 0.2) is 0 Å². The van der Waals surface area contributed by atoms with Gasteiger partial charge in [0, 0.05) is 18.1 Å². The maximum Gasteiger partial charge on any atom is 0.407 e. The minimum Gasteiger partial charge on any atom is -0.465 e. The summed E-state index contributed by atoms with van der Waals surface area (Å²) in [6.07, 6.45) is -0.306. The molecule has 0 aliphatic rings. The van der Waals surface area contributed by atoms with Crippen LogP contribution in [0.5, 0.6) is 0 Å². The lowest BCUT2D eigenvalue weighted by Crippen LogP contribution is -2.31. The van der Waals surface area contributed by atoms with E-state index in [2.05, 4.69) is 0 Å². The van der Waals surface area contributed by atoms with Crippen molar-refractivity contribution in [3.63, 3.8) is 0 Å². The van der Waals surface area contributed by atoms with E-state index in [4.69, 9.17) is 11.6 Å². The SMILES string of the molecule is O=C(O)N(CCc1ccccc1Cl)Cc1ccccc1. The van der Waals surface area contributed by atoms with Crippen molar-refractivity contribution in [2.24, 2.45) is 0 Å². The first-order valence-electron chi connectivity index (χ1n) is 6.42. The molecule has 2 rings (SSSR count). The number of hydrogen-bond acceptors (Lipinski definition) is 1. The fraction of sp³-hybridized carbons (Fsp3) is 0.188. The molecule has 0 saturated carbocycles. The molecule has 104 valence electrons. The van der Waals surface area contributed by atoms with Crippen LogP contribution in [0.15, 0.2) is 54.6 Å². The first-order chi connectivity index (χ1) is 9.66. The fourth-order valence-electron chi connectivity index (χ4n) is 2.00. The van der Waals surface area contributed by atoms with E-state index in [0.717, 1.165) is 11.1 Å².